The van der Waals surface area contributed by atoms with E-state index in [2.05, 4.69) is 59.2 Å². The highest BCUT2D eigenvalue weighted by atomic mass is 14.9. The number of piperidine rings is 1. The third-order valence-corrected chi connectivity index (χ3v) is 4.20. The predicted molar refractivity (Wildman–Crippen MR) is 86.3 cm³/mol. The van der Waals surface area contributed by atoms with E-state index >= 15 is 0 Å². The SMILES string of the molecule is CNc1ccc(-c2cccc(C3CCNCC3)c2)cc1. The smallest absolute Gasteiger partial charge is 0.0337 e. The van der Waals surface area contributed by atoms with Gasteiger partial charge >= 0.3 is 0 Å². The summed E-state index contributed by atoms with van der Waals surface area (Å²) in [7, 11) is 1.95. The Balaban J connectivity index is 1.85. The van der Waals surface area contributed by atoms with Crippen LogP contribution in [0.3, 0.4) is 0 Å². The van der Waals surface area contributed by atoms with Crippen LogP contribution < -0.4 is 10.6 Å². The average Bonchev–Trinajstić information content (AvgIpc) is 2.56. The average molecular weight is 266 g/mol. The molecule has 104 valence electrons. The maximum absolute atomic E-state index is 3.44. The summed E-state index contributed by atoms with van der Waals surface area (Å²) in [6, 6.07) is 17.7. The van der Waals surface area contributed by atoms with Gasteiger partial charge in [-0.15, -0.1) is 0 Å². The van der Waals surface area contributed by atoms with Crippen LogP contribution in [0.5, 0.6) is 0 Å². The zero-order valence-corrected chi connectivity index (χ0v) is 12.0. The lowest BCUT2D eigenvalue weighted by Crippen LogP contribution is -2.26. The number of nitrogens with one attached hydrogen (secondary N) is 2. The van der Waals surface area contributed by atoms with Gasteiger partial charge in [0, 0.05) is 12.7 Å². The van der Waals surface area contributed by atoms with Gasteiger partial charge < -0.3 is 10.6 Å². The van der Waals surface area contributed by atoms with E-state index in [0.717, 1.165) is 18.8 Å². The van der Waals surface area contributed by atoms with Gasteiger partial charge in [0.1, 0.15) is 0 Å². The Labute approximate surface area is 121 Å². The minimum atomic E-state index is 0.716. The van der Waals surface area contributed by atoms with Crippen molar-refractivity contribution in [2.45, 2.75) is 18.8 Å². The van der Waals surface area contributed by atoms with Crippen molar-refractivity contribution in [3.63, 3.8) is 0 Å². The van der Waals surface area contributed by atoms with Crippen LogP contribution in [0, 0.1) is 0 Å². The van der Waals surface area contributed by atoms with E-state index in [0.29, 0.717) is 5.92 Å². The van der Waals surface area contributed by atoms with Gasteiger partial charge in [-0.3, -0.25) is 0 Å². The van der Waals surface area contributed by atoms with Crippen LogP contribution >= 0.6 is 0 Å². The van der Waals surface area contributed by atoms with Crippen LogP contribution in [0.25, 0.3) is 11.1 Å². The van der Waals surface area contributed by atoms with Crippen molar-refractivity contribution in [2.75, 3.05) is 25.5 Å². The molecule has 20 heavy (non-hydrogen) atoms. The molecular formula is C18H22N2. The van der Waals surface area contributed by atoms with Crippen molar-refractivity contribution < 1.29 is 0 Å². The first-order valence-corrected chi connectivity index (χ1v) is 7.46. The molecule has 0 aliphatic carbocycles. The van der Waals surface area contributed by atoms with Gasteiger partial charge in [0.25, 0.3) is 0 Å². The lowest BCUT2D eigenvalue weighted by Gasteiger charge is -2.23. The molecule has 2 heteroatoms. The van der Waals surface area contributed by atoms with Crippen LogP contribution in [0.1, 0.15) is 24.3 Å². The molecule has 1 fully saturated rings. The first-order chi connectivity index (χ1) is 9.86. The van der Waals surface area contributed by atoms with Crippen molar-refractivity contribution >= 4 is 5.69 Å². The molecule has 2 nitrogen and oxygen atoms in total. The fourth-order valence-corrected chi connectivity index (χ4v) is 2.96. The van der Waals surface area contributed by atoms with Gasteiger partial charge in [-0.05, 0) is 60.7 Å². The zero-order valence-electron chi connectivity index (χ0n) is 12.0. The number of anilines is 1. The summed E-state index contributed by atoms with van der Waals surface area (Å²) in [6.07, 6.45) is 2.50. The maximum Gasteiger partial charge on any atom is 0.0337 e. The van der Waals surface area contributed by atoms with Crippen molar-refractivity contribution in [1.29, 1.82) is 0 Å². The van der Waals surface area contributed by atoms with Gasteiger partial charge in [-0.1, -0.05) is 36.4 Å². The molecule has 0 bridgehead atoms. The Bertz CT molecular complexity index is 554. The minimum Gasteiger partial charge on any atom is -0.388 e. The van der Waals surface area contributed by atoms with E-state index in [4.69, 9.17) is 0 Å². The van der Waals surface area contributed by atoms with E-state index in [9.17, 15) is 0 Å². The molecule has 0 spiro atoms. The molecule has 1 aliphatic rings. The molecule has 0 aromatic heterocycles. The molecule has 0 radical (unpaired) electrons. The molecular weight excluding hydrogens is 244 g/mol. The lowest BCUT2D eigenvalue weighted by molar-refractivity contribution is 0.460. The topological polar surface area (TPSA) is 24.1 Å². The second kappa shape index (κ2) is 6.10. The van der Waals surface area contributed by atoms with Crippen molar-refractivity contribution in [3.05, 3.63) is 54.1 Å². The first kappa shape index (κ1) is 13.2. The molecule has 2 aromatic rings. The predicted octanol–water partition coefficient (Wildman–Crippen LogP) is 3.86. The molecule has 1 saturated heterocycles. The summed E-state index contributed by atoms with van der Waals surface area (Å²) < 4.78 is 0. The summed E-state index contributed by atoms with van der Waals surface area (Å²) >= 11 is 0. The van der Waals surface area contributed by atoms with E-state index in [-0.39, 0.29) is 0 Å². The molecule has 0 unspecified atom stereocenters. The van der Waals surface area contributed by atoms with E-state index in [1.54, 1.807) is 0 Å². The van der Waals surface area contributed by atoms with Crippen LogP contribution in [0.2, 0.25) is 0 Å². The molecule has 2 N–H and O–H groups in total. The second-order valence-electron chi connectivity index (χ2n) is 5.48. The normalized spacial score (nSPS) is 16.1. The Morgan fingerprint density at radius 2 is 1.70 bits per heavy atom. The van der Waals surface area contributed by atoms with E-state index in [1.165, 1.54) is 29.5 Å². The molecule has 2 aromatic carbocycles. The molecule has 3 rings (SSSR count). The van der Waals surface area contributed by atoms with Crippen LogP contribution in [0.4, 0.5) is 5.69 Å². The number of rotatable bonds is 3. The van der Waals surface area contributed by atoms with Gasteiger partial charge in [0.2, 0.25) is 0 Å². The number of hydrogen-bond acceptors (Lipinski definition) is 2. The maximum atomic E-state index is 3.44. The molecule has 0 saturated carbocycles. The third-order valence-electron chi connectivity index (χ3n) is 4.20. The Kier molecular flexibility index (Phi) is 4.03. The van der Waals surface area contributed by atoms with Gasteiger partial charge in [-0.25, -0.2) is 0 Å². The monoisotopic (exact) mass is 266 g/mol. The van der Waals surface area contributed by atoms with Gasteiger partial charge in [0.05, 0.1) is 0 Å². The Hall–Kier alpha value is -1.80. The van der Waals surface area contributed by atoms with E-state index in [1.807, 2.05) is 7.05 Å². The molecule has 1 heterocycles. The Morgan fingerprint density at radius 1 is 0.950 bits per heavy atom. The molecule has 1 aliphatic heterocycles. The highest BCUT2D eigenvalue weighted by Crippen LogP contribution is 2.29. The number of benzene rings is 2. The summed E-state index contributed by atoms with van der Waals surface area (Å²) in [4.78, 5) is 0. The fraction of sp³-hybridized carbons (Fsp3) is 0.333. The van der Waals surface area contributed by atoms with Gasteiger partial charge in [-0.2, -0.15) is 0 Å². The summed E-state index contributed by atoms with van der Waals surface area (Å²) in [6.45, 7) is 2.29. The van der Waals surface area contributed by atoms with Crippen LogP contribution in [-0.2, 0) is 0 Å². The van der Waals surface area contributed by atoms with Crippen molar-refractivity contribution in [2.24, 2.45) is 0 Å². The fourth-order valence-electron chi connectivity index (χ4n) is 2.96. The van der Waals surface area contributed by atoms with Crippen LogP contribution in [-0.4, -0.2) is 20.1 Å². The minimum absolute atomic E-state index is 0.716. The molecule has 0 atom stereocenters. The largest absolute Gasteiger partial charge is 0.388 e. The quantitative estimate of drug-likeness (QED) is 0.881. The van der Waals surface area contributed by atoms with E-state index < -0.39 is 0 Å². The molecule has 0 amide bonds. The third kappa shape index (κ3) is 2.86. The van der Waals surface area contributed by atoms with Crippen molar-refractivity contribution in [1.82, 2.24) is 5.32 Å². The summed E-state index contributed by atoms with van der Waals surface area (Å²) in [5.74, 6) is 0.716. The zero-order chi connectivity index (χ0) is 13.8. The highest BCUT2D eigenvalue weighted by molar-refractivity contribution is 5.66. The second-order valence-corrected chi connectivity index (χ2v) is 5.48. The standard InChI is InChI=1S/C18H22N2/c1-19-18-7-5-14(6-8-18)16-3-2-4-17(13-16)15-9-11-20-12-10-15/h2-8,13,15,19-20H,9-12H2,1H3. The van der Waals surface area contributed by atoms with Gasteiger partial charge in [0.15, 0.2) is 0 Å². The lowest BCUT2D eigenvalue weighted by atomic mass is 9.88. The first-order valence-electron chi connectivity index (χ1n) is 7.46. The number of hydrogen-bond donors (Lipinski definition) is 2. The Morgan fingerprint density at radius 3 is 2.40 bits per heavy atom. The van der Waals surface area contributed by atoms with Crippen LogP contribution in [0.15, 0.2) is 48.5 Å². The highest BCUT2D eigenvalue weighted by Gasteiger charge is 2.15. The van der Waals surface area contributed by atoms with Crippen molar-refractivity contribution in [3.8, 4) is 11.1 Å². The summed E-state index contributed by atoms with van der Waals surface area (Å²) in [5, 5.41) is 6.60. The summed E-state index contributed by atoms with van der Waals surface area (Å²) in [5.41, 5.74) is 5.26.